The zero-order valence-corrected chi connectivity index (χ0v) is 19.0. The first-order chi connectivity index (χ1) is 14.7. The molecule has 6 heteroatoms. The summed E-state index contributed by atoms with van der Waals surface area (Å²) in [5, 5.41) is 19.3. The fourth-order valence-corrected chi connectivity index (χ4v) is 5.43. The summed E-state index contributed by atoms with van der Waals surface area (Å²) in [7, 11) is 0. The normalized spacial score (nSPS) is 16.2. The minimum Gasteiger partial charge on any atom is -0.353 e. The second-order valence-corrected chi connectivity index (χ2v) is 9.28. The van der Waals surface area contributed by atoms with Gasteiger partial charge in [-0.05, 0) is 42.7 Å². The van der Waals surface area contributed by atoms with E-state index >= 15 is 0 Å². The van der Waals surface area contributed by atoms with Crippen molar-refractivity contribution in [1.29, 1.82) is 5.26 Å². The van der Waals surface area contributed by atoms with Crippen molar-refractivity contribution in [2.24, 2.45) is 0 Å². The summed E-state index contributed by atoms with van der Waals surface area (Å²) >= 11 is 3.27. The van der Waals surface area contributed by atoms with Crippen LogP contribution in [0.15, 0.2) is 69.7 Å². The number of thiophene rings is 1. The third kappa shape index (κ3) is 5.35. The van der Waals surface area contributed by atoms with Crippen molar-refractivity contribution in [2.75, 3.05) is 11.1 Å². The summed E-state index contributed by atoms with van der Waals surface area (Å²) in [6, 6.07) is 15.8. The Morgan fingerprint density at radius 1 is 1.20 bits per heavy atom. The second-order valence-electron chi connectivity index (χ2n) is 7.20. The minimum atomic E-state index is -0.349. The molecule has 30 heavy (non-hydrogen) atoms. The molecule has 1 atom stereocenters. The van der Waals surface area contributed by atoms with E-state index in [-0.39, 0.29) is 11.8 Å². The number of nitrogens with one attached hydrogen (secondary N) is 2. The molecule has 0 unspecified atom stereocenters. The molecule has 0 aliphatic carbocycles. The van der Waals surface area contributed by atoms with Crippen LogP contribution in [-0.4, -0.2) is 11.7 Å². The summed E-state index contributed by atoms with van der Waals surface area (Å²) in [6.07, 6.45) is 4.76. The lowest BCUT2D eigenvalue weighted by atomic mass is 9.86. The number of carbonyl (C=O) groups is 1. The fraction of sp³-hybridized carbons (Fsp3) is 0.333. The summed E-state index contributed by atoms with van der Waals surface area (Å²) in [6.45, 7) is 4.13. The molecule has 2 aromatic rings. The standard InChI is InChI=1S/C24H27N3OS2/c1-3-4-5-9-14-30-24-19(16-25)22(20-13-10-15-29-20)21(17(2)26-24)23(28)27-18-11-7-6-8-12-18/h6-8,10-13,15,22,26H,3-5,9,14H2,1-2H3,(H,27,28)/t22-/m0/s1. The first kappa shape index (κ1) is 22.2. The maximum Gasteiger partial charge on any atom is 0.254 e. The molecule has 1 amide bonds. The molecule has 4 nitrogen and oxygen atoms in total. The van der Waals surface area contributed by atoms with Crippen molar-refractivity contribution in [2.45, 2.75) is 45.4 Å². The number of thioether (sulfide) groups is 1. The van der Waals surface area contributed by atoms with Crippen molar-refractivity contribution in [3.05, 3.63) is 74.6 Å². The maximum atomic E-state index is 13.2. The molecular weight excluding hydrogens is 410 g/mol. The van der Waals surface area contributed by atoms with Gasteiger partial charge in [0.2, 0.25) is 0 Å². The highest BCUT2D eigenvalue weighted by molar-refractivity contribution is 8.03. The Labute approximate surface area is 187 Å². The van der Waals surface area contributed by atoms with E-state index < -0.39 is 0 Å². The Morgan fingerprint density at radius 3 is 2.67 bits per heavy atom. The van der Waals surface area contributed by atoms with Crippen LogP contribution in [0.2, 0.25) is 0 Å². The zero-order chi connectivity index (χ0) is 21.3. The van der Waals surface area contributed by atoms with Gasteiger partial charge in [0, 0.05) is 21.8 Å². The molecule has 1 aromatic carbocycles. The molecule has 0 saturated heterocycles. The topological polar surface area (TPSA) is 64.9 Å². The van der Waals surface area contributed by atoms with Gasteiger partial charge in [0.05, 0.1) is 22.6 Å². The number of hydrogen-bond acceptors (Lipinski definition) is 5. The number of dihydropyridines is 1. The van der Waals surface area contributed by atoms with Gasteiger partial charge in [-0.15, -0.1) is 23.1 Å². The number of carbonyl (C=O) groups excluding carboxylic acids is 1. The van der Waals surface area contributed by atoms with Crippen LogP contribution in [0.25, 0.3) is 0 Å². The van der Waals surface area contributed by atoms with E-state index in [1.165, 1.54) is 19.3 Å². The number of allylic oxidation sites excluding steroid dienone is 2. The third-order valence-corrected chi connectivity index (χ3v) is 7.04. The summed E-state index contributed by atoms with van der Waals surface area (Å²) in [5.41, 5.74) is 2.78. The van der Waals surface area contributed by atoms with Crippen LogP contribution in [-0.2, 0) is 4.79 Å². The summed E-state index contributed by atoms with van der Waals surface area (Å²) in [5.74, 6) is 0.436. The Kier molecular flexibility index (Phi) is 8.18. The number of nitrogens with zero attached hydrogens (tertiary/aromatic N) is 1. The van der Waals surface area contributed by atoms with Gasteiger partial charge >= 0.3 is 0 Å². The van der Waals surface area contributed by atoms with E-state index in [0.29, 0.717) is 11.1 Å². The number of nitriles is 1. The molecule has 1 aromatic heterocycles. The SMILES string of the molecule is CCCCCCSC1=C(C#N)[C@@H](c2cccs2)C(C(=O)Nc2ccccc2)=C(C)N1. The monoisotopic (exact) mass is 437 g/mol. The average molecular weight is 438 g/mol. The van der Waals surface area contributed by atoms with E-state index in [1.54, 1.807) is 23.1 Å². The van der Waals surface area contributed by atoms with Gasteiger partial charge in [0.1, 0.15) is 0 Å². The number of para-hydroxylation sites is 1. The predicted octanol–water partition coefficient (Wildman–Crippen LogP) is 6.40. The number of unbranched alkanes of at least 4 members (excludes halogenated alkanes) is 3. The van der Waals surface area contributed by atoms with E-state index in [4.69, 9.17) is 0 Å². The summed E-state index contributed by atoms with van der Waals surface area (Å²) < 4.78 is 0. The second kappa shape index (κ2) is 11.1. The Bertz CT molecular complexity index is 956. The minimum absolute atomic E-state index is 0.177. The van der Waals surface area contributed by atoms with Gasteiger partial charge < -0.3 is 10.6 Å². The van der Waals surface area contributed by atoms with Crippen LogP contribution in [0.3, 0.4) is 0 Å². The average Bonchev–Trinajstić information content (AvgIpc) is 3.28. The number of rotatable bonds is 9. The number of amides is 1. The first-order valence-electron chi connectivity index (χ1n) is 10.3. The van der Waals surface area contributed by atoms with Crippen molar-refractivity contribution >= 4 is 34.7 Å². The molecule has 3 rings (SSSR count). The van der Waals surface area contributed by atoms with Crippen LogP contribution < -0.4 is 10.6 Å². The van der Waals surface area contributed by atoms with Crippen LogP contribution in [0, 0.1) is 11.3 Å². The molecular formula is C24H27N3OS2. The van der Waals surface area contributed by atoms with Gasteiger partial charge in [0.25, 0.3) is 5.91 Å². The van der Waals surface area contributed by atoms with Gasteiger partial charge in [-0.25, -0.2) is 0 Å². The molecule has 0 fully saturated rings. The lowest BCUT2D eigenvalue weighted by Crippen LogP contribution is -2.30. The number of anilines is 1. The maximum absolute atomic E-state index is 13.2. The van der Waals surface area contributed by atoms with Gasteiger partial charge in [-0.3, -0.25) is 4.79 Å². The molecule has 2 N–H and O–H groups in total. The zero-order valence-electron chi connectivity index (χ0n) is 17.4. The smallest absolute Gasteiger partial charge is 0.254 e. The van der Waals surface area contributed by atoms with Crippen LogP contribution in [0.4, 0.5) is 5.69 Å². The lowest BCUT2D eigenvalue weighted by Gasteiger charge is -2.29. The molecule has 156 valence electrons. The van der Waals surface area contributed by atoms with Crippen molar-refractivity contribution in [3.63, 3.8) is 0 Å². The Morgan fingerprint density at radius 2 is 2.00 bits per heavy atom. The largest absolute Gasteiger partial charge is 0.353 e. The Balaban J connectivity index is 1.88. The molecule has 0 bridgehead atoms. The molecule has 1 aliphatic heterocycles. The van der Waals surface area contributed by atoms with Crippen molar-refractivity contribution in [1.82, 2.24) is 5.32 Å². The van der Waals surface area contributed by atoms with E-state index in [2.05, 4.69) is 23.6 Å². The van der Waals surface area contributed by atoms with Crippen LogP contribution in [0.1, 0.15) is 50.3 Å². The van der Waals surface area contributed by atoms with Gasteiger partial charge in [-0.2, -0.15) is 5.26 Å². The van der Waals surface area contributed by atoms with E-state index in [0.717, 1.165) is 33.5 Å². The molecule has 1 aliphatic rings. The predicted molar refractivity (Wildman–Crippen MR) is 127 cm³/mol. The quantitative estimate of drug-likeness (QED) is 0.446. The number of hydrogen-bond donors (Lipinski definition) is 2. The third-order valence-electron chi connectivity index (χ3n) is 5.00. The highest BCUT2D eigenvalue weighted by Gasteiger charge is 2.35. The van der Waals surface area contributed by atoms with Gasteiger partial charge in [0.15, 0.2) is 0 Å². The molecule has 0 spiro atoms. The fourth-order valence-electron chi connectivity index (χ4n) is 3.49. The number of benzene rings is 1. The molecule has 0 saturated carbocycles. The van der Waals surface area contributed by atoms with Crippen LogP contribution in [0.5, 0.6) is 0 Å². The molecule has 0 radical (unpaired) electrons. The lowest BCUT2D eigenvalue weighted by molar-refractivity contribution is -0.113. The van der Waals surface area contributed by atoms with E-state index in [9.17, 15) is 10.1 Å². The van der Waals surface area contributed by atoms with Crippen molar-refractivity contribution < 1.29 is 4.79 Å². The molecule has 2 heterocycles. The summed E-state index contributed by atoms with van der Waals surface area (Å²) in [4.78, 5) is 14.2. The van der Waals surface area contributed by atoms with Crippen LogP contribution >= 0.6 is 23.1 Å². The van der Waals surface area contributed by atoms with Gasteiger partial charge in [-0.1, -0.05) is 50.5 Å². The Hall–Kier alpha value is -2.49. The van der Waals surface area contributed by atoms with Crippen molar-refractivity contribution in [3.8, 4) is 6.07 Å². The first-order valence-corrected chi connectivity index (χ1v) is 12.2. The highest BCUT2D eigenvalue weighted by atomic mass is 32.2. The van der Waals surface area contributed by atoms with E-state index in [1.807, 2.05) is 54.8 Å². The highest BCUT2D eigenvalue weighted by Crippen LogP contribution is 2.42.